The molecule has 4 rings (SSSR count). The van der Waals surface area contributed by atoms with Crippen molar-refractivity contribution in [3.05, 3.63) is 57.8 Å². The SMILES string of the molecule is Cc1nc2ccccc2n(Cc2cc(C3CCCCC3)no2)c1=O. The largest absolute Gasteiger partial charge is 0.359 e. The van der Waals surface area contributed by atoms with Gasteiger partial charge in [-0.3, -0.25) is 9.36 Å². The van der Waals surface area contributed by atoms with E-state index in [0.29, 0.717) is 18.2 Å². The molecule has 3 aromatic rings. The molecule has 1 saturated carbocycles. The molecule has 0 bridgehead atoms. The van der Waals surface area contributed by atoms with E-state index in [1.54, 1.807) is 11.5 Å². The highest BCUT2D eigenvalue weighted by atomic mass is 16.5. The summed E-state index contributed by atoms with van der Waals surface area (Å²) in [5.74, 6) is 1.23. The van der Waals surface area contributed by atoms with E-state index >= 15 is 0 Å². The van der Waals surface area contributed by atoms with Crippen LogP contribution in [0.4, 0.5) is 0 Å². The molecule has 1 fully saturated rings. The van der Waals surface area contributed by atoms with E-state index in [2.05, 4.69) is 10.1 Å². The molecule has 0 saturated heterocycles. The lowest BCUT2D eigenvalue weighted by Crippen LogP contribution is -2.24. The molecular formula is C19H21N3O2. The maximum Gasteiger partial charge on any atom is 0.272 e. The van der Waals surface area contributed by atoms with Gasteiger partial charge < -0.3 is 4.52 Å². The molecule has 0 N–H and O–H groups in total. The molecule has 1 aliphatic rings. The fourth-order valence-corrected chi connectivity index (χ4v) is 3.63. The summed E-state index contributed by atoms with van der Waals surface area (Å²) in [6, 6.07) is 9.71. The number of benzene rings is 1. The lowest BCUT2D eigenvalue weighted by atomic mass is 9.87. The van der Waals surface area contributed by atoms with Crippen LogP contribution in [0.5, 0.6) is 0 Å². The van der Waals surface area contributed by atoms with Crippen LogP contribution >= 0.6 is 0 Å². The highest BCUT2D eigenvalue weighted by molar-refractivity contribution is 5.74. The van der Waals surface area contributed by atoms with Gasteiger partial charge in [-0.15, -0.1) is 0 Å². The Labute approximate surface area is 140 Å². The highest BCUT2D eigenvalue weighted by Crippen LogP contribution is 2.32. The van der Waals surface area contributed by atoms with Gasteiger partial charge >= 0.3 is 0 Å². The predicted octanol–water partition coefficient (Wildman–Crippen LogP) is 3.79. The number of para-hydroxylation sites is 2. The Kier molecular flexibility index (Phi) is 3.92. The molecule has 1 aromatic carbocycles. The third-order valence-electron chi connectivity index (χ3n) is 4.93. The molecule has 0 amide bonds. The molecule has 0 unspecified atom stereocenters. The molecule has 0 atom stereocenters. The fourth-order valence-electron chi connectivity index (χ4n) is 3.63. The maximum absolute atomic E-state index is 12.5. The van der Waals surface area contributed by atoms with Crippen LogP contribution in [-0.4, -0.2) is 14.7 Å². The summed E-state index contributed by atoms with van der Waals surface area (Å²) in [5.41, 5.74) is 3.10. The van der Waals surface area contributed by atoms with Crippen molar-refractivity contribution >= 4 is 11.0 Å². The minimum Gasteiger partial charge on any atom is -0.359 e. The first-order valence-electron chi connectivity index (χ1n) is 8.64. The second kappa shape index (κ2) is 6.23. The van der Waals surface area contributed by atoms with E-state index < -0.39 is 0 Å². The number of fused-ring (bicyclic) bond motifs is 1. The minimum absolute atomic E-state index is 0.0793. The molecule has 0 spiro atoms. The minimum atomic E-state index is -0.0793. The molecule has 2 heterocycles. The van der Waals surface area contributed by atoms with Crippen molar-refractivity contribution in [1.29, 1.82) is 0 Å². The monoisotopic (exact) mass is 323 g/mol. The lowest BCUT2D eigenvalue weighted by Gasteiger charge is -2.18. The zero-order chi connectivity index (χ0) is 16.5. The summed E-state index contributed by atoms with van der Waals surface area (Å²) in [6.07, 6.45) is 6.21. The van der Waals surface area contributed by atoms with E-state index in [1.807, 2.05) is 30.3 Å². The van der Waals surface area contributed by atoms with Crippen molar-refractivity contribution in [3.63, 3.8) is 0 Å². The lowest BCUT2D eigenvalue weighted by molar-refractivity contribution is 0.354. The number of nitrogens with zero attached hydrogens (tertiary/aromatic N) is 3. The summed E-state index contributed by atoms with van der Waals surface area (Å²) in [4.78, 5) is 16.9. The topological polar surface area (TPSA) is 60.9 Å². The van der Waals surface area contributed by atoms with Crippen molar-refractivity contribution in [2.45, 2.75) is 51.5 Å². The molecular weight excluding hydrogens is 302 g/mol. The number of aromatic nitrogens is 3. The molecule has 24 heavy (non-hydrogen) atoms. The van der Waals surface area contributed by atoms with Crippen LogP contribution < -0.4 is 5.56 Å². The Bertz CT molecular complexity index is 920. The third kappa shape index (κ3) is 2.75. The van der Waals surface area contributed by atoms with E-state index in [1.165, 1.54) is 32.1 Å². The van der Waals surface area contributed by atoms with Gasteiger partial charge in [0.2, 0.25) is 0 Å². The predicted molar refractivity (Wildman–Crippen MR) is 92.2 cm³/mol. The number of hydrogen-bond acceptors (Lipinski definition) is 4. The molecule has 1 aliphatic carbocycles. The second-order valence-electron chi connectivity index (χ2n) is 6.63. The summed E-state index contributed by atoms with van der Waals surface area (Å²) >= 11 is 0. The van der Waals surface area contributed by atoms with Crippen LogP contribution in [0, 0.1) is 6.92 Å². The van der Waals surface area contributed by atoms with Crippen LogP contribution in [0.25, 0.3) is 11.0 Å². The van der Waals surface area contributed by atoms with Gasteiger partial charge in [-0.2, -0.15) is 0 Å². The normalized spacial score (nSPS) is 15.9. The maximum atomic E-state index is 12.5. The Hall–Kier alpha value is -2.43. The molecule has 5 heteroatoms. The van der Waals surface area contributed by atoms with Crippen molar-refractivity contribution in [3.8, 4) is 0 Å². The number of aryl methyl sites for hydroxylation is 1. The quantitative estimate of drug-likeness (QED) is 0.736. The van der Waals surface area contributed by atoms with E-state index in [9.17, 15) is 4.79 Å². The van der Waals surface area contributed by atoms with Crippen LogP contribution in [-0.2, 0) is 6.54 Å². The first-order chi connectivity index (χ1) is 11.7. The molecule has 0 aliphatic heterocycles. The molecule has 2 aromatic heterocycles. The van der Waals surface area contributed by atoms with Gasteiger partial charge in [0.1, 0.15) is 5.69 Å². The average molecular weight is 323 g/mol. The summed E-state index contributed by atoms with van der Waals surface area (Å²) in [7, 11) is 0. The third-order valence-corrected chi connectivity index (χ3v) is 4.93. The second-order valence-corrected chi connectivity index (χ2v) is 6.63. The van der Waals surface area contributed by atoms with Gasteiger partial charge in [0.15, 0.2) is 5.76 Å². The smallest absolute Gasteiger partial charge is 0.272 e. The Balaban J connectivity index is 1.68. The van der Waals surface area contributed by atoms with E-state index in [-0.39, 0.29) is 5.56 Å². The van der Waals surface area contributed by atoms with Crippen LogP contribution in [0.15, 0.2) is 39.6 Å². The first-order valence-corrected chi connectivity index (χ1v) is 8.64. The van der Waals surface area contributed by atoms with Crippen molar-refractivity contribution < 1.29 is 4.52 Å². The Morgan fingerprint density at radius 2 is 2.00 bits per heavy atom. The summed E-state index contributed by atoms with van der Waals surface area (Å²) in [5, 5.41) is 4.26. The van der Waals surface area contributed by atoms with E-state index in [0.717, 1.165) is 22.5 Å². The van der Waals surface area contributed by atoms with Gasteiger partial charge in [-0.05, 0) is 31.9 Å². The zero-order valence-electron chi connectivity index (χ0n) is 13.9. The van der Waals surface area contributed by atoms with Crippen molar-refractivity contribution in [1.82, 2.24) is 14.7 Å². The Morgan fingerprint density at radius 1 is 1.21 bits per heavy atom. The van der Waals surface area contributed by atoms with Gasteiger partial charge in [-0.1, -0.05) is 36.6 Å². The van der Waals surface area contributed by atoms with Crippen LogP contribution in [0.2, 0.25) is 0 Å². The highest BCUT2D eigenvalue weighted by Gasteiger charge is 2.20. The van der Waals surface area contributed by atoms with Gasteiger partial charge in [0, 0.05) is 12.0 Å². The fraction of sp³-hybridized carbons (Fsp3) is 0.421. The Morgan fingerprint density at radius 3 is 2.83 bits per heavy atom. The molecule has 5 nitrogen and oxygen atoms in total. The molecule has 0 radical (unpaired) electrons. The van der Waals surface area contributed by atoms with Crippen LogP contribution in [0.3, 0.4) is 0 Å². The average Bonchev–Trinajstić information content (AvgIpc) is 3.08. The van der Waals surface area contributed by atoms with E-state index in [4.69, 9.17) is 4.52 Å². The van der Waals surface area contributed by atoms with Gasteiger partial charge in [-0.25, -0.2) is 4.98 Å². The van der Waals surface area contributed by atoms with Crippen LogP contribution in [0.1, 0.15) is 55.2 Å². The summed E-state index contributed by atoms with van der Waals surface area (Å²) < 4.78 is 7.26. The number of hydrogen-bond donors (Lipinski definition) is 0. The summed E-state index contributed by atoms with van der Waals surface area (Å²) in [6.45, 7) is 2.14. The van der Waals surface area contributed by atoms with Crippen molar-refractivity contribution in [2.24, 2.45) is 0 Å². The van der Waals surface area contributed by atoms with Gasteiger partial charge in [0.25, 0.3) is 5.56 Å². The number of rotatable bonds is 3. The standard InChI is InChI=1S/C19H21N3O2/c1-13-19(23)22(18-10-6-5-9-16(18)20-13)12-15-11-17(21-24-15)14-7-3-2-4-8-14/h5-6,9-11,14H,2-4,7-8,12H2,1H3. The molecule has 124 valence electrons. The zero-order valence-corrected chi connectivity index (χ0v) is 13.9. The van der Waals surface area contributed by atoms with Gasteiger partial charge in [0.05, 0.1) is 23.3 Å². The van der Waals surface area contributed by atoms with Crippen molar-refractivity contribution in [2.75, 3.05) is 0 Å². The first kappa shape index (κ1) is 15.1.